The van der Waals surface area contributed by atoms with Gasteiger partial charge in [-0.05, 0) is 13.0 Å². The molecule has 0 unspecified atom stereocenters. The van der Waals surface area contributed by atoms with Crippen molar-refractivity contribution in [1.82, 2.24) is 9.38 Å². The molecule has 0 fully saturated rings. The number of carbonyl (C=O) groups is 1. The molecule has 5 heteroatoms. The molecule has 1 N–H and O–H groups in total. The molecule has 2 heterocycles. The van der Waals surface area contributed by atoms with E-state index < -0.39 is 5.97 Å². The first-order valence-electron chi connectivity index (χ1n) is 4.01. The number of hydrogen-bond acceptors (Lipinski definition) is 3. The van der Waals surface area contributed by atoms with E-state index in [1.807, 2.05) is 22.9 Å². The van der Waals surface area contributed by atoms with Gasteiger partial charge in [0.05, 0.1) is 11.4 Å². The summed E-state index contributed by atoms with van der Waals surface area (Å²) in [4.78, 5) is 15.5. The highest BCUT2D eigenvalue weighted by atomic mass is 32.1. The first-order chi connectivity index (χ1) is 6.68. The number of carboxylic acid groups (broad SMARTS) is 1. The number of nitrogens with zero attached hydrogens (tertiary/aromatic N) is 2. The zero-order chi connectivity index (χ0) is 10.1. The summed E-state index contributed by atoms with van der Waals surface area (Å²) >= 11 is 1.53. The molecule has 0 amide bonds. The number of carboxylic acids is 1. The Morgan fingerprint density at radius 1 is 1.71 bits per heavy atom. The summed E-state index contributed by atoms with van der Waals surface area (Å²) in [6.07, 6.45) is 4.56. The molecule has 0 bridgehead atoms. The van der Waals surface area contributed by atoms with E-state index in [1.165, 1.54) is 11.3 Å². The predicted molar refractivity (Wildman–Crippen MR) is 54.5 cm³/mol. The molecule has 0 aliphatic heterocycles. The van der Waals surface area contributed by atoms with Crippen LogP contribution in [0.3, 0.4) is 0 Å². The number of rotatable bonds is 2. The lowest BCUT2D eigenvalue weighted by Gasteiger charge is -1.90. The fourth-order valence-corrected chi connectivity index (χ4v) is 2.03. The SMILES string of the molecule is Cc1nc2sccn2c1C=CC(=O)O. The highest BCUT2D eigenvalue weighted by Gasteiger charge is 2.06. The van der Waals surface area contributed by atoms with Crippen LogP contribution in [-0.2, 0) is 4.79 Å². The van der Waals surface area contributed by atoms with Gasteiger partial charge in [0, 0.05) is 17.7 Å². The summed E-state index contributed by atoms with van der Waals surface area (Å²) in [6.45, 7) is 1.86. The monoisotopic (exact) mass is 208 g/mol. The number of hydrogen-bond donors (Lipinski definition) is 1. The van der Waals surface area contributed by atoms with Crippen LogP contribution in [0.4, 0.5) is 0 Å². The van der Waals surface area contributed by atoms with Gasteiger partial charge in [0.25, 0.3) is 0 Å². The van der Waals surface area contributed by atoms with Gasteiger partial charge in [-0.1, -0.05) is 0 Å². The van der Waals surface area contributed by atoms with E-state index in [4.69, 9.17) is 5.11 Å². The number of thiazole rings is 1. The van der Waals surface area contributed by atoms with Gasteiger partial charge in [-0.2, -0.15) is 0 Å². The molecule has 0 spiro atoms. The minimum absolute atomic E-state index is 0.823. The highest BCUT2D eigenvalue weighted by Crippen LogP contribution is 2.17. The first kappa shape index (κ1) is 8.96. The van der Waals surface area contributed by atoms with Gasteiger partial charge in [-0.15, -0.1) is 11.3 Å². The highest BCUT2D eigenvalue weighted by molar-refractivity contribution is 7.15. The lowest BCUT2D eigenvalue weighted by atomic mass is 10.3. The van der Waals surface area contributed by atoms with Gasteiger partial charge >= 0.3 is 5.97 Å². The predicted octanol–water partition coefficient (Wildman–Crippen LogP) is 1.80. The van der Waals surface area contributed by atoms with Crippen molar-refractivity contribution in [2.75, 3.05) is 0 Å². The third-order valence-electron chi connectivity index (χ3n) is 1.87. The van der Waals surface area contributed by atoms with Crippen LogP contribution in [0.2, 0.25) is 0 Å². The minimum Gasteiger partial charge on any atom is -0.478 e. The Morgan fingerprint density at radius 3 is 3.21 bits per heavy atom. The van der Waals surface area contributed by atoms with Gasteiger partial charge in [0.1, 0.15) is 0 Å². The summed E-state index contributed by atoms with van der Waals surface area (Å²) in [6, 6.07) is 0. The number of imidazole rings is 1. The van der Waals surface area contributed by atoms with Crippen LogP contribution in [0.1, 0.15) is 11.4 Å². The molecular formula is C9H8N2O2S. The van der Waals surface area contributed by atoms with Crippen molar-refractivity contribution in [2.24, 2.45) is 0 Å². The van der Waals surface area contributed by atoms with E-state index in [0.29, 0.717) is 0 Å². The second kappa shape index (κ2) is 3.26. The number of aliphatic carboxylic acids is 1. The average molecular weight is 208 g/mol. The largest absolute Gasteiger partial charge is 0.478 e. The smallest absolute Gasteiger partial charge is 0.328 e. The molecule has 4 nitrogen and oxygen atoms in total. The molecule has 14 heavy (non-hydrogen) atoms. The fourth-order valence-electron chi connectivity index (χ4n) is 1.26. The van der Waals surface area contributed by atoms with Crippen LogP contribution >= 0.6 is 11.3 Å². The third kappa shape index (κ3) is 1.42. The quantitative estimate of drug-likeness (QED) is 0.765. The summed E-state index contributed by atoms with van der Waals surface area (Å²) in [5.74, 6) is -0.949. The van der Waals surface area contributed by atoms with Crippen molar-refractivity contribution >= 4 is 28.3 Å². The van der Waals surface area contributed by atoms with E-state index in [-0.39, 0.29) is 0 Å². The average Bonchev–Trinajstić information content (AvgIpc) is 2.61. The van der Waals surface area contributed by atoms with E-state index >= 15 is 0 Å². The maximum Gasteiger partial charge on any atom is 0.328 e. The minimum atomic E-state index is -0.949. The van der Waals surface area contributed by atoms with Gasteiger partial charge in [-0.3, -0.25) is 4.40 Å². The molecule has 0 radical (unpaired) electrons. The Labute approximate surface area is 84.1 Å². The van der Waals surface area contributed by atoms with Crippen molar-refractivity contribution in [2.45, 2.75) is 6.92 Å². The molecule has 0 aliphatic carbocycles. The maximum absolute atomic E-state index is 10.4. The van der Waals surface area contributed by atoms with Crippen molar-refractivity contribution in [3.8, 4) is 0 Å². The molecule has 2 aromatic heterocycles. The Kier molecular flexibility index (Phi) is 2.09. The lowest BCUT2D eigenvalue weighted by molar-refractivity contribution is -0.131. The third-order valence-corrected chi connectivity index (χ3v) is 2.62. The van der Waals surface area contributed by atoms with Crippen molar-refractivity contribution < 1.29 is 9.90 Å². The normalized spacial score (nSPS) is 11.5. The Balaban J connectivity index is 2.54. The standard InChI is InChI=1S/C9H8N2O2S/c1-6-7(2-3-8(12)13)11-4-5-14-9(11)10-6/h2-5H,1H3,(H,12,13). The number of fused-ring (bicyclic) bond motifs is 1. The molecule has 0 atom stereocenters. The van der Waals surface area contributed by atoms with Crippen molar-refractivity contribution in [3.63, 3.8) is 0 Å². The molecule has 0 saturated carbocycles. The second-order valence-corrected chi connectivity index (χ2v) is 3.68. The summed E-state index contributed by atoms with van der Waals surface area (Å²) in [5, 5.41) is 10.4. The van der Waals surface area contributed by atoms with Gasteiger partial charge in [0.2, 0.25) is 0 Å². The van der Waals surface area contributed by atoms with Gasteiger partial charge in [-0.25, -0.2) is 9.78 Å². The van der Waals surface area contributed by atoms with Crippen LogP contribution in [0.5, 0.6) is 0 Å². The van der Waals surface area contributed by atoms with Crippen LogP contribution in [-0.4, -0.2) is 20.5 Å². The topological polar surface area (TPSA) is 54.6 Å². The van der Waals surface area contributed by atoms with E-state index in [9.17, 15) is 4.79 Å². The zero-order valence-electron chi connectivity index (χ0n) is 7.47. The lowest BCUT2D eigenvalue weighted by Crippen LogP contribution is -1.88. The second-order valence-electron chi connectivity index (χ2n) is 2.81. The molecule has 2 aromatic rings. The summed E-state index contributed by atoms with van der Waals surface area (Å²) in [5.41, 5.74) is 1.66. The molecule has 2 rings (SSSR count). The van der Waals surface area contributed by atoms with Crippen LogP contribution < -0.4 is 0 Å². The Hall–Kier alpha value is -1.62. The molecule has 72 valence electrons. The first-order valence-corrected chi connectivity index (χ1v) is 4.89. The van der Waals surface area contributed by atoms with E-state index in [2.05, 4.69) is 4.98 Å². The van der Waals surface area contributed by atoms with Gasteiger partial charge < -0.3 is 5.11 Å². The molecule has 0 aromatic carbocycles. The van der Waals surface area contributed by atoms with Gasteiger partial charge in [0.15, 0.2) is 4.96 Å². The zero-order valence-corrected chi connectivity index (χ0v) is 8.28. The molecular weight excluding hydrogens is 200 g/mol. The maximum atomic E-state index is 10.4. The molecule has 0 saturated heterocycles. The Morgan fingerprint density at radius 2 is 2.50 bits per heavy atom. The van der Waals surface area contributed by atoms with Crippen LogP contribution in [0, 0.1) is 6.92 Å². The number of aromatic nitrogens is 2. The van der Waals surface area contributed by atoms with Crippen molar-refractivity contribution in [3.05, 3.63) is 29.0 Å². The summed E-state index contributed by atoms with van der Waals surface area (Å²) in [7, 11) is 0. The van der Waals surface area contributed by atoms with Crippen LogP contribution in [0.25, 0.3) is 11.0 Å². The molecule has 0 aliphatic rings. The van der Waals surface area contributed by atoms with Crippen LogP contribution in [0.15, 0.2) is 17.7 Å². The van der Waals surface area contributed by atoms with E-state index in [0.717, 1.165) is 22.4 Å². The Bertz CT molecular complexity index is 510. The van der Waals surface area contributed by atoms with Crippen molar-refractivity contribution in [1.29, 1.82) is 0 Å². The fraction of sp³-hybridized carbons (Fsp3) is 0.111. The number of aryl methyl sites for hydroxylation is 1. The summed E-state index contributed by atoms with van der Waals surface area (Å²) < 4.78 is 1.87. The van der Waals surface area contributed by atoms with E-state index in [1.54, 1.807) is 6.08 Å².